The summed E-state index contributed by atoms with van der Waals surface area (Å²) < 4.78 is 34.0. The second-order valence-corrected chi connectivity index (χ2v) is 16.5. The van der Waals surface area contributed by atoms with Crippen molar-refractivity contribution in [1.82, 2.24) is 0 Å². The fourth-order valence-electron chi connectivity index (χ4n) is 4.92. The summed E-state index contributed by atoms with van der Waals surface area (Å²) >= 11 is 0. The second kappa shape index (κ2) is 36.9. The van der Waals surface area contributed by atoms with Gasteiger partial charge in [0, 0.05) is 12.8 Å². The van der Waals surface area contributed by atoms with Gasteiger partial charge in [-0.15, -0.1) is 0 Å². The molecule has 0 aromatic carbocycles. The van der Waals surface area contributed by atoms with Crippen LogP contribution < -0.4 is 0 Å². The molecule has 0 amide bonds. The summed E-state index contributed by atoms with van der Waals surface area (Å²) in [6.07, 6.45) is 41.1. The number of hydrogen-bond acceptors (Lipinski definition) is 9. The molecule has 0 bridgehead atoms. The maximum atomic E-state index is 12.7. The van der Waals surface area contributed by atoms with Gasteiger partial charge >= 0.3 is 19.8 Å². The molecule has 330 valence electrons. The smallest absolute Gasteiger partial charge is 0.462 e. The highest BCUT2D eigenvalue weighted by Crippen LogP contribution is 2.43. The van der Waals surface area contributed by atoms with E-state index in [0.29, 0.717) is 36.7 Å². The predicted molar refractivity (Wildman–Crippen MR) is 236 cm³/mol. The highest BCUT2D eigenvalue weighted by Gasteiger charge is 2.27. The number of allylic oxidation sites excluding steroid dienone is 14. The van der Waals surface area contributed by atoms with Crippen LogP contribution in [0.4, 0.5) is 0 Å². The van der Waals surface area contributed by atoms with Crippen molar-refractivity contribution >= 4 is 19.8 Å². The van der Waals surface area contributed by atoms with E-state index in [1.54, 1.807) is 18.2 Å². The number of ether oxygens (including phenoxy) is 2. The zero-order valence-electron chi connectivity index (χ0n) is 36.2. The van der Waals surface area contributed by atoms with Crippen LogP contribution in [0.3, 0.4) is 0 Å². The first-order valence-corrected chi connectivity index (χ1v) is 22.7. The van der Waals surface area contributed by atoms with Gasteiger partial charge in [0.15, 0.2) is 6.10 Å². The lowest BCUT2D eigenvalue weighted by Gasteiger charge is -2.24. The van der Waals surface area contributed by atoms with Crippen LogP contribution in [0.5, 0.6) is 0 Å². The van der Waals surface area contributed by atoms with Crippen molar-refractivity contribution in [2.45, 2.75) is 135 Å². The van der Waals surface area contributed by atoms with Gasteiger partial charge in [-0.25, -0.2) is 4.57 Å². The van der Waals surface area contributed by atoms with E-state index in [-0.39, 0.29) is 26.1 Å². The lowest BCUT2D eigenvalue weighted by Crippen LogP contribution is -2.37. The van der Waals surface area contributed by atoms with Crippen molar-refractivity contribution in [2.75, 3.05) is 47.5 Å². The van der Waals surface area contributed by atoms with Gasteiger partial charge in [-0.05, 0) is 70.6 Å². The summed E-state index contributed by atoms with van der Waals surface area (Å²) in [5.41, 5.74) is 0. The zero-order chi connectivity index (χ0) is 43.2. The largest absolute Gasteiger partial charge is 0.472 e. The summed E-state index contributed by atoms with van der Waals surface area (Å²) in [4.78, 5) is 35.3. The Kier molecular flexibility index (Phi) is 34.9. The number of unbranched alkanes of at least 4 members (excludes halogenated alkanes) is 4. The highest BCUT2D eigenvalue weighted by atomic mass is 31.2. The molecule has 0 rings (SSSR count). The number of esters is 2. The van der Waals surface area contributed by atoms with E-state index in [9.17, 15) is 29.3 Å². The van der Waals surface area contributed by atoms with Gasteiger partial charge in [0.1, 0.15) is 19.8 Å². The Balaban J connectivity index is 4.73. The quantitative estimate of drug-likeness (QED) is 0.0139. The minimum atomic E-state index is -4.46. The normalized spacial score (nSPS) is 15.7. The molecule has 4 atom stereocenters. The van der Waals surface area contributed by atoms with Crippen molar-refractivity contribution in [3.05, 3.63) is 97.2 Å². The molecule has 3 N–H and O–H groups in total. The average Bonchev–Trinajstić information content (AvgIpc) is 3.16. The highest BCUT2D eigenvalue weighted by molar-refractivity contribution is 7.47. The second-order valence-electron chi connectivity index (χ2n) is 15.0. The molecule has 0 saturated carbocycles. The average molecular weight is 835 g/mol. The summed E-state index contributed by atoms with van der Waals surface area (Å²) in [5, 5.41) is 20.2. The molecule has 0 aliphatic rings. The molecule has 0 radical (unpaired) electrons. The van der Waals surface area contributed by atoms with Crippen molar-refractivity contribution in [3.8, 4) is 0 Å². The molecular weight excluding hydrogens is 757 g/mol. The number of phosphoric ester groups is 1. The van der Waals surface area contributed by atoms with E-state index in [1.807, 2.05) is 51.5 Å². The number of rotatable bonds is 36. The summed E-state index contributed by atoms with van der Waals surface area (Å²) in [7, 11) is 1.29. The fraction of sp³-hybridized carbons (Fsp3) is 0.609. The Morgan fingerprint density at radius 3 is 1.78 bits per heavy atom. The van der Waals surface area contributed by atoms with E-state index >= 15 is 0 Å². The Morgan fingerprint density at radius 2 is 1.19 bits per heavy atom. The first kappa shape index (κ1) is 54.9. The molecule has 0 heterocycles. The number of quaternary nitrogens is 1. The van der Waals surface area contributed by atoms with Crippen molar-refractivity contribution in [1.29, 1.82) is 0 Å². The van der Waals surface area contributed by atoms with Crippen LogP contribution in [0, 0.1) is 0 Å². The fourth-order valence-corrected chi connectivity index (χ4v) is 5.66. The lowest BCUT2D eigenvalue weighted by atomic mass is 10.1. The first-order valence-electron chi connectivity index (χ1n) is 21.2. The van der Waals surface area contributed by atoms with E-state index < -0.39 is 44.7 Å². The number of aliphatic hydroxyl groups excluding tert-OH is 2. The van der Waals surface area contributed by atoms with Crippen LogP contribution in [0.15, 0.2) is 97.2 Å². The Hall–Kier alpha value is -3.15. The van der Waals surface area contributed by atoms with E-state index in [2.05, 4.69) is 62.5 Å². The SMILES string of the molecule is CC/C=C\C/C=C\C/C=C\C/C=C\CCCCC(=O)OC[C@H](COP(=O)(O)OCC[N+](C)(C)C)OC(=O)CCC[C@H](O)/C=C/C=C\C/C=C\C=C\[C@H](O)CCCCC. The molecule has 11 nitrogen and oxygen atoms in total. The standard InChI is InChI=1S/C46H76NO10P/c1-6-8-10-11-12-13-14-15-16-17-18-19-23-26-30-36-45(50)54-40-44(41-56-58(52,53)55-39-38-47(3,4)5)57-46(51)37-31-35-43(49)34-29-25-22-20-21-24-28-33-42(48)32-27-9-7-2/h8,10,12-13,15-16,18-19,21-22,24-25,28-29,33-34,42-44,48-49H,6-7,9,11,14,17,20,23,26-27,30-32,35-41H2,1-5H3/p+1/b10-8-,13-12-,16-15-,19-18-,24-21-,25-22-,33-28+,34-29+/t42-,43-,44-/m1/s1. The number of nitrogens with zero attached hydrogens (tertiary/aromatic N) is 1. The maximum absolute atomic E-state index is 12.7. The minimum Gasteiger partial charge on any atom is -0.462 e. The monoisotopic (exact) mass is 835 g/mol. The van der Waals surface area contributed by atoms with E-state index in [1.165, 1.54) is 0 Å². The Labute approximate surface area is 350 Å². The number of carbonyl (C=O) groups excluding carboxylic acids is 2. The van der Waals surface area contributed by atoms with Crippen LogP contribution in [-0.4, -0.2) is 97.3 Å². The molecular formula is C46H77NO10P+. The lowest BCUT2D eigenvalue weighted by molar-refractivity contribution is -0.870. The van der Waals surface area contributed by atoms with Gasteiger partial charge in [0.2, 0.25) is 0 Å². The van der Waals surface area contributed by atoms with Gasteiger partial charge in [0.05, 0.1) is 40.0 Å². The van der Waals surface area contributed by atoms with Gasteiger partial charge in [-0.3, -0.25) is 18.6 Å². The summed E-state index contributed by atoms with van der Waals surface area (Å²) in [5.74, 6) is -1.09. The predicted octanol–water partition coefficient (Wildman–Crippen LogP) is 9.73. The van der Waals surface area contributed by atoms with E-state index in [0.717, 1.165) is 64.2 Å². The molecule has 0 fully saturated rings. The molecule has 0 aliphatic heterocycles. The Bertz CT molecular complexity index is 1340. The molecule has 0 saturated heterocycles. The molecule has 0 aromatic heterocycles. The third kappa shape index (κ3) is 39.7. The van der Waals surface area contributed by atoms with Crippen LogP contribution in [-0.2, 0) is 32.7 Å². The van der Waals surface area contributed by atoms with Crippen molar-refractivity contribution in [2.24, 2.45) is 0 Å². The number of hydrogen-bond donors (Lipinski definition) is 3. The minimum absolute atomic E-state index is 0.0229. The molecule has 0 spiro atoms. The molecule has 1 unspecified atom stereocenters. The zero-order valence-corrected chi connectivity index (χ0v) is 37.1. The van der Waals surface area contributed by atoms with Gasteiger partial charge in [-0.1, -0.05) is 130 Å². The third-order valence-corrected chi connectivity index (χ3v) is 9.29. The topological polar surface area (TPSA) is 149 Å². The van der Waals surface area contributed by atoms with Gasteiger partial charge < -0.3 is 29.1 Å². The maximum Gasteiger partial charge on any atom is 0.472 e. The summed E-state index contributed by atoms with van der Waals surface area (Å²) in [6.45, 7) is 3.85. The van der Waals surface area contributed by atoms with Crippen LogP contribution >= 0.6 is 7.82 Å². The first-order chi connectivity index (χ1) is 27.8. The van der Waals surface area contributed by atoms with Crippen molar-refractivity contribution < 1.29 is 52.3 Å². The Morgan fingerprint density at radius 1 is 0.638 bits per heavy atom. The van der Waals surface area contributed by atoms with Gasteiger partial charge in [0.25, 0.3) is 0 Å². The van der Waals surface area contributed by atoms with Crippen LogP contribution in [0.2, 0.25) is 0 Å². The third-order valence-electron chi connectivity index (χ3n) is 8.31. The molecule has 58 heavy (non-hydrogen) atoms. The molecule has 0 aliphatic carbocycles. The molecule has 12 heteroatoms. The van der Waals surface area contributed by atoms with Crippen molar-refractivity contribution in [3.63, 3.8) is 0 Å². The van der Waals surface area contributed by atoms with E-state index in [4.69, 9.17) is 18.5 Å². The number of carbonyl (C=O) groups is 2. The summed E-state index contributed by atoms with van der Waals surface area (Å²) in [6, 6.07) is 0. The van der Waals surface area contributed by atoms with Crippen LogP contribution in [0.1, 0.15) is 117 Å². The number of likely N-dealkylation sites (N-methyl/N-ethyl adjacent to an activating group) is 1. The van der Waals surface area contributed by atoms with Gasteiger partial charge in [-0.2, -0.15) is 0 Å². The van der Waals surface area contributed by atoms with Crippen LogP contribution in [0.25, 0.3) is 0 Å². The number of phosphoric acid groups is 1. The number of aliphatic hydroxyl groups is 2. The molecule has 0 aromatic rings.